The van der Waals surface area contributed by atoms with E-state index < -0.39 is 0 Å². The first-order valence-electron chi connectivity index (χ1n) is 6.41. The van der Waals surface area contributed by atoms with Crippen LogP contribution in [0.25, 0.3) is 0 Å². The summed E-state index contributed by atoms with van der Waals surface area (Å²) in [5.41, 5.74) is 3.73. The van der Waals surface area contributed by atoms with E-state index >= 15 is 0 Å². The zero-order chi connectivity index (χ0) is 13.0. The van der Waals surface area contributed by atoms with Crippen LogP contribution in [0.1, 0.15) is 41.1 Å². The van der Waals surface area contributed by atoms with Crippen molar-refractivity contribution in [2.45, 2.75) is 33.2 Å². The number of aryl methyl sites for hydroxylation is 2. The van der Waals surface area contributed by atoms with Gasteiger partial charge in [0.15, 0.2) is 0 Å². The average Bonchev–Trinajstić information content (AvgIpc) is 2.76. The fourth-order valence-corrected chi connectivity index (χ4v) is 2.81. The Morgan fingerprint density at radius 1 is 1.28 bits per heavy atom. The highest BCUT2D eigenvalue weighted by molar-refractivity contribution is 7.10. The van der Waals surface area contributed by atoms with Crippen LogP contribution in [0, 0.1) is 13.8 Å². The lowest BCUT2D eigenvalue weighted by Crippen LogP contribution is -2.22. The van der Waals surface area contributed by atoms with Gasteiger partial charge in [0.2, 0.25) is 0 Å². The topological polar surface area (TPSA) is 24.9 Å². The number of rotatable bonds is 5. The van der Waals surface area contributed by atoms with E-state index in [9.17, 15) is 0 Å². The molecule has 3 heteroatoms. The predicted molar refractivity (Wildman–Crippen MR) is 78.2 cm³/mol. The molecule has 0 amide bonds. The number of nitrogens with one attached hydrogen (secondary N) is 1. The molecular weight excluding hydrogens is 240 g/mol. The second-order valence-electron chi connectivity index (χ2n) is 4.61. The van der Waals surface area contributed by atoms with Crippen molar-refractivity contribution in [3.8, 4) is 0 Å². The third-order valence-electron chi connectivity index (χ3n) is 2.94. The van der Waals surface area contributed by atoms with Crippen LogP contribution in [0.3, 0.4) is 0 Å². The van der Waals surface area contributed by atoms with Crippen molar-refractivity contribution in [2.24, 2.45) is 0 Å². The van der Waals surface area contributed by atoms with Gasteiger partial charge in [-0.2, -0.15) is 0 Å². The normalized spacial score (nSPS) is 12.6. The van der Waals surface area contributed by atoms with Gasteiger partial charge in [-0.05, 0) is 61.5 Å². The lowest BCUT2D eigenvalue weighted by atomic mass is 10.0. The molecule has 0 aliphatic carbocycles. The lowest BCUT2D eigenvalue weighted by Gasteiger charge is -2.18. The summed E-state index contributed by atoms with van der Waals surface area (Å²) in [5, 5.41) is 5.87. The maximum Gasteiger partial charge on any atom is 0.0586 e. The average molecular weight is 260 g/mol. The van der Waals surface area contributed by atoms with Crippen LogP contribution in [0.2, 0.25) is 0 Å². The molecule has 0 bridgehead atoms. The Bertz CT molecular complexity index is 505. The zero-order valence-electron chi connectivity index (χ0n) is 11.2. The van der Waals surface area contributed by atoms with Crippen molar-refractivity contribution in [1.82, 2.24) is 10.3 Å². The standard InChI is InChI=1S/C15H20N2S/c1-4-6-17-15(14-9-12(3)18-10-14)13-5-7-16-11(2)8-13/h5,7-10,15,17H,4,6H2,1-3H3. The Morgan fingerprint density at radius 3 is 2.72 bits per heavy atom. The second-order valence-corrected chi connectivity index (χ2v) is 5.72. The maximum absolute atomic E-state index is 4.28. The van der Waals surface area contributed by atoms with Crippen LogP contribution in [0.5, 0.6) is 0 Å². The van der Waals surface area contributed by atoms with Gasteiger partial charge in [-0.1, -0.05) is 6.92 Å². The number of aromatic nitrogens is 1. The molecule has 0 aliphatic heterocycles. The number of hydrogen-bond acceptors (Lipinski definition) is 3. The Balaban J connectivity index is 2.30. The lowest BCUT2D eigenvalue weighted by molar-refractivity contribution is 0.599. The van der Waals surface area contributed by atoms with Crippen LogP contribution in [0.4, 0.5) is 0 Å². The van der Waals surface area contributed by atoms with Gasteiger partial charge in [-0.15, -0.1) is 11.3 Å². The summed E-state index contributed by atoms with van der Waals surface area (Å²) in [6.45, 7) is 7.42. The van der Waals surface area contributed by atoms with E-state index in [-0.39, 0.29) is 6.04 Å². The number of thiophene rings is 1. The van der Waals surface area contributed by atoms with Crippen LogP contribution < -0.4 is 5.32 Å². The van der Waals surface area contributed by atoms with Gasteiger partial charge in [-0.3, -0.25) is 4.98 Å². The van der Waals surface area contributed by atoms with Gasteiger partial charge < -0.3 is 5.32 Å². The van der Waals surface area contributed by atoms with E-state index in [0.717, 1.165) is 18.7 Å². The first-order chi connectivity index (χ1) is 8.70. The highest BCUT2D eigenvalue weighted by Crippen LogP contribution is 2.26. The molecule has 2 aromatic rings. The van der Waals surface area contributed by atoms with E-state index in [4.69, 9.17) is 0 Å². The van der Waals surface area contributed by atoms with Crippen molar-refractivity contribution in [1.29, 1.82) is 0 Å². The monoisotopic (exact) mass is 260 g/mol. The fourth-order valence-electron chi connectivity index (χ4n) is 2.08. The summed E-state index contributed by atoms with van der Waals surface area (Å²) in [7, 11) is 0. The summed E-state index contributed by atoms with van der Waals surface area (Å²) in [6, 6.07) is 6.83. The van der Waals surface area contributed by atoms with E-state index in [1.807, 2.05) is 24.5 Å². The molecule has 2 heterocycles. The summed E-state index contributed by atoms with van der Waals surface area (Å²) >= 11 is 1.81. The van der Waals surface area contributed by atoms with Crippen molar-refractivity contribution >= 4 is 11.3 Å². The third-order valence-corrected chi connectivity index (χ3v) is 3.82. The summed E-state index contributed by atoms with van der Waals surface area (Å²) in [5.74, 6) is 0. The van der Waals surface area contributed by atoms with E-state index in [0.29, 0.717) is 0 Å². The van der Waals surface area contributed by atoms with Crippen LogP contribution in [-0.4, -0.2) is 11.5 Å². The zero-order valence-corrected chi connectivity index (χ0v) is 12.1. The largest absolute Gasteiger partial charge is 0.306 e. The molecule has 0 aliphatic rings. The molecular formula is C15H20N2S. The molecule has 0 spiro atoms. The van der Waals surface area contributed by atoms with Crippen molar-refractivity contribution in [3.05, 3.63) is 51.5 Å². The van der Waals surface area contributed by atoms with Gasteiger partial charge >= 0.3 is 0 Å². The molecule has 1 atom stereocenters. The van der Waals surface area contributed by atoms with Crippen LogP contribution in [0.15, 0.2) is 29.8 Å². The maximum atomic E-state index is 4.28. The summed E-state index contributed by atoms with van der Waals surface area (Å²) < 4.78 is 0. The van der Waals surface area contributed by atoms with Crippen LogP contribution >= 0.6 is 11.3 Å². The Labute approximate surface area is 113 Å². The molecule has 0 aromatic carbocycles. The molecule has 1 unspecified atom stereocenters. The highest BCUT2D eigenvalue weighted by Gasteiger charge is 2.14. The third kappa shape index (κ3) is 3.18. The second kappa shape index (κ2) is 6.12. The van der Waals surface area contributed by atoms with Crippen molar-refractivity contribution in [2.75, 3.05) is 6.54 Å². The van der Waals surface area contributed by atoms with Gasteiger partial charge in [0, 0.05) is 16.8 Å². The molecule has 0 saturated carbocycles. The van der Waals surface area contributed by atoms with Crippen molar-refractivity contribution in [3.63, 3.8) is 0 Å². The van der Waals surface area contributed by atoms with E-state index in [2.05, 4.69) is 47.7 Å². The fraction of sp³-hybridized carbons (Fsp3) is 0.400. The summed E-state index contributed by atoms with van der Waals surface area (Å²) in [6.07, 6.45) is 3.04. The first-order valence-corrected chi connectivity index (χ1v) is 7.29. The molecule has 1 N–H and O–H groups in total. The molecule has 0 fully saturated rings. The highest BCUT2D eigenvalue weighted by atomic mass is 32.1. The Hall–Kier alpha value is -1.19. The molecule has 0 saturated heterocycles. The van der Waals surface area contributed by atoms with Gasteiger partial charge in [0.1, 0.15) is 0 Å². The molecule has 96 valence electrons. The molecule has 0 radical (unpaired) electrons. The smallest absolute Gasteiger partial charge is 0.0586 e. The minimum absolute atomic E-state index is 0.289. The first kappa shape index (κ1) is 13.2. The molecule has 2 aromatic heterocycles. The van der Waals surface area contributed by atoms with Crippen molar-refractivity contribution < 1.29 is 0 Å². The molecule has 2 nitrogen and oxygen atoms in total. The minimum Gasteiger partial charge on any atom is -0.306 e. The Kier molecular flexibility index (Phi) is 4.50. The molecule has 2 rings (SSSR count). The van der Waals surface area contributed by atoms with Gasteiger partial charge in [-0.25, -0.2) is 0 Å². The van der Waals surface area contributed by atoms with E-state index in [1.54, 1.807) is 0 Å². The van der Waals surface area contributed by atoms with Gasteiger partial charge in [0.25, 0.3) is 0 Å². The quantitative estimate of drug-likeness (QED) is 0.883. The number of nitrogens with zero attached hydrogens (tertiary/aromatic N) is 1. The number of pyridine rings is 1. The summed E-state index contributed by atoms with van der Waals surface area (Å²) in [4.78, 5) is 5.64. The van der Waals surface area contributed by atoms with E-state index in [1.165, 1.54) is 16.0 Å². The SMILES string of the molecule is CCCNC(c1ccnc(C)c1)c1csc(C)c1. The number of hydrogen-bond donors (Lipinski definition) is 1. The minimum atomic E-state index is 0.289. The molecule has 18 heavy (non-hydrogen) atoms. The van der Waals surface area contributed by atoms with Gasteiger partial charge in [0.05, 0.1) is 6.04 Å². The predicted octanol–water partition coefficient (Wildman–Crippen LogP) is 3.85. The Morgan fingerprint density at radius 2 is 2.11 bits per heavy atom. The van der Waals surface area contributed by atoms with Crippen LogP contribution in [-0.2, 0) is 0 Å².